The van der Waals surface area contributed by atoms with Crippen molar-refractivity contribution in [3.05, 3.63) is 35.9 Å². The first-order chi connectivity index (χ1) is 15.0. The molecule has 0 spiro atoms. The van der Waals surface area contributed by atoms with Crippen molar-refractivity contribution in [2.75, 3.05) is 28.4 Å². The number of aromatic carboxylic acids is 1. The van der Waals surface area contributed by atoms with Gasteiger partial charge in [0.15, 0.2) is 0 Å². The number of nitrogens with zero attached hydrogens (tertiary/aromatic N) is 4. The van der Waals surface area contributed by atoms with Gasteiger partial charge in [-0.1, -0.05) is 6.07 Å². The molecule has 3 aromatic rings. The number of methoxy groups -OCH3 is 4. The molecule has 0 unspecified atom stereocenters. The number of carboxylic acid groups (broad SMARTS) is 1. The van der Waals surface area contributed by atoms with Crippen molar-refractivity contribution in [1.29, 1.82) is 0 Å². The van der Waals surface area contributed by atoms with Gasteiger partial charge < -0.3 is 44.5 Å². The number of hydrogen-bond acceptors (Lipinski definition) is 13. The van der Waals surface area contributed by atoms with Gasteiger partial charge in [-0.25, -0.2) is 0 Å². The quantitative estimate of drug-likeness (QED) is 0.355. The van der Waals surface area contributed by atoms with Gasteiger partial charge in [0.25, 0.3) is 0 Å². The van der Waals surface area contributed by atoms with E-state index in [0.29, 0.717) is 0 Å². The average Bonchev–Trinajstić information content (AvgIpc) is 2.78. The Bertz CT molecular complexity index is 982. The molecule has 0 saturated carbocycles. The summed E-state index contributed by atoms with van der Waals surface area (Å²) in [6, 6.07) is 6.68. The Kier molecular flexibility index (Phi) is 10.6. The van der Waals surface area contributed by atoms with Crippen molar-refractivity contribution < 1.29 is 67.9 Å². The summed E-state index contributed by atoms with van der Waals surface area (Å²) in [4.78, 5) is 27.9. The Morgan fingerprint density at radius 1 is 0.727 bits per heavy atom. The molecule has 0 saturated heterocycles. The Morgan fingerprint density at radius 2 is 1.06 bits per heavy atom. The molecule has 2 heterocycles. The molecule has 3 rings (SSSR count). The summed E-state index contributed by atoms with van der Waals surface area (Å²) < 4.78 is 31.3. The maximum atomic E-state index is 11.9. The van der Waals surface area contributed by atoms with Crippen molar-refractivity contribution in [2.45, 2.75) is 0 Å². The number of benzene rings is 1. The number of carbonyl (C=O) groups excluding carboxylic acids is 1. The number of hydrogen-bond donors (Lipinski definition) is 1. The predicted molar refractivity (Wildman–Crippen MR) is 106 cm³/mol. The molecular weight excluding hydrogens is 449 g/mol. The van der Waals surface area contributed by atoms with E-state index in [9.17, 15) is 9.90 Å². The van der Waals surface area contributed by atoms with Crippen LogP contribution in [0.15, 0.2) is 30.3 Å². The minimum Gasteiger partial charge on any atom is -0.545 e. The second-order valence-electron chi connectivity index (χ2n) is 5.59. The van der Waals surface area contributed by atoms with Gasteiger partial charge in [0.1, 0.15) is 11.5 Å². The van der Waals surface area contributed by atoms with E-state index in [1.807, 2.05) is 0 Å². The van der Waals surface area contributed by atoms with Crippen LogP contribution in [-0.2, 0) is 0 Å². The molecule has 0 aliphatic rings. The fourth-order valence-electron chi connectivity index (χ4n) is 2.36. The zero-order valence-corrected chi connectivity index (χ0v) is 20.6. The first-order valence-electron chi connectivity index (χ1n) is 8.61. The van der Waals surface area contributed by atoms with Crippen molar-refractivity contribution in [3.8, 4) is 47.0 Å². The standard InChI is InChI=1S/C19H18N4O8.H3N.Na/c1-26-12-8-13(27-2)21-18(20-12)30-10-6-5-7-11(16(10)17(24)25)31-19-22-14(28-3)9-15(23-19)29-4;;/h5-9H,1-4H3,(H,24,25);1H3;/q;;+1/p-1. The number of rotatable bonds is 9. The van der Waals surface area contributed by atoms with E-state index < -0.39 is 11.5 Å². The summed E-state index contributed by atoms with van der Waals surface area (Å²) >= 11 is 0. The first kappa shape index (κ1) is 27.6. The van der Waals surface area contributed by atoms with Crippen molar-refractivity contribution in [3.63, 3.8) is 0 Å². The van der Waals surface area contributed by atoms with Gasteiger partial charge in [0.2, 0.25) is 23.5 Å². The summed E-state index contributed by atoms with van der Waals surface area (Å²) in [6.45, 7) is 0. The summed E-state index contributed by atoms with van der Waals surface area (Å²) in [5.41, 5.74) is -0.418. The Hall–Kier alpha value is -3.39. The van der Waals surface area contributed by atoms with Gasteiger partial charge in [0.05, 0.1) is 52.1 Å². The summed E-state index contributed by atoms with van der Waals surface area (Å²) in [5, 5.41) is 11.9. The summed E-state index contributed by atoms with van der Waals surface area (Å²) in [5.74, 6) is -1.26. The summed E-state index contributed by atoms with van der Waals surface area (Å²) in [6.07, 6.45) is 0. The zero-order valence-electron chi connectivity index (χ0n) is 18.6. The second-order valence-corrected chi connectivity index (χ2v) is 5.59. The molecule has 0 atom stereocenters. The summed E-state index contributed by atoms with van der Waals surface area (Å²) in [7, 11) is 5.59. The minimum atomic E-state index is -1.57. The van der Waals surface area contributed by atoms with E-state index >= 15 is 0 Å². The third-order valence-electron chi connectivity index (χ3n) is 3.75. The molecule has 13 nitrogen and oxygen atoms in total. The van der Waals surface area contributed by atoms with Gasteiger partial charge in [-0.05, 0) is 12.1 Å². The van der Waals surface area contributed by atoms with Crippen LogP contribution >= 0.6 is 0 Å². The molecule has 0 aliphatic heterocycles. The third kappa shape index (κ3) is 6.79. The largest absolute Gasteiger partial charge is 1.00 e. The van der Waals surface area contributed by atoms with E-state index in [2.05, 4.69) is 19.9 Å². The van der Waals surface area contributed by atoms with Crippen molar-refractivity contribution in [1.82, 2.24) is 26.1 Å². The topological polar surface area (TPSA) is 182 Å². The second kappa shape index (κ2) is 12.6. The number of ether oxygens (including phenoxy) is 6. The number of carbonyl (C=O) groups is 1. The van der Waals surface area contributed by atoms with Crippen LogP contribution in [0.3, 0.4) is 0 Å². The molecule has 14 heteroatoms. The van der Waals surface area contributed by atoms with E-state index in [1.165, 1.54) is 58.8 Å². The molecule has 0 amide bonds. The van der Waals surface area contributed by atoms with Crippen LogP contribution in [0.1, 0.15) is 10.4 Å². The van der Waals surface area contributed by atoms with Gasteiger partial charge in [-0.15, -0.1) is 0 Å². The van der Waals surface area contributed by atoms with Crippen LogP contribution in [0.4, 0.5) is 0 Å². The molecule has 33 heavy (non-hydrogen) atoms. The molecule has 2 aromatic heterocycles. The Morgan fingerprint density at radius 3 is 1.33 bits per heavy atom. The van der Waals surface area contributed by atoms with Crippen LogP contribution in [0.5, 0.6) is 47.0 Å². The molecular formula is C19H20N5NaO8. The smallest absolute Gasteiger partial charge is 0.545 e. The first-order valence-corrected chi connectivity index (χ1v) is 8.61. The SMILES string of the molecule is COc1cc(OC)nc(Oc2cccc(Oc3nc(OC)cc(OC)n3)c2C(=O)[O-])n1.N.[Na+]. The molecule has 0 bridgehead atoms. The van der Waals surface area contributed by atoms with Crippen LogP contribution in [0.2, 0.25) is 0 Å². The molecule has 3 N–H and O–H groups in total. The normalized spacial score (nSPS) is 9.58. The van der Waals surface area contributed by atoms with E-state index in [-0.39, 0.29) is 82.7 Å². The van der Waals surface area contributed by atoms with Gasteiger partial charge >= 0.3 is 41.6 Å². The van der Waals surface area contributed by atoms with Gasteiger partial charge in [-0.2, -0.15) is 19.9 Å². The van der Waals surface area contributed by atoms with Crippen molar-refractivity contribution >= 4 is 5.97 Å². The van der Waals surface area contributed by atoms with Crippen LogP contribution < -0.4 is 69.2 Å². The van der Waals surface area contributed by atoms with Crippen LogP contribution in [0.25, 0.3) is 0 Å². The Balaban J connectivity index is 0.00000272. The maximum Gasteiger partial charge on any atom is 1.00 e. The fraction of sp³-hybridized carbons (Fsp3) is 0.211. The average molecular weight is 469 g/mol. The van der Waals surface area contributed by atoms with E-state index in [1.54, 1.807) is 0 Å². The van der Waals surface area contributed by atoms with Gasteiger partial charge in [-0.3, -0.25) is 0 Å². The third-order valence-corrected chi connectivity index (χ3v) is 3.75. The molecule has 0 aliphatic carbocycles. The molecule has 1 aromatic carbocycles. The van der Waals surface area contributed by atoms with Gasteiger partial charge in [0, 0.05) is 0 Å². The van der Waals surface area contributed by atoms with E-state index in [0.717, 1.165) is 0 Å². The molecule has 0 radical (unpaired) electrons. The number of aromatic nitrogens is 4. The van der Waals surface area contributed by atoms with Crippen LogP contribution in [0, 0.1) is 0 Å². The number of carboxylic acids is 1. The zero-order chi connectivity index (χ0) is 22.4. The maximum absolute atomic E-state index is 11.9. The molecule has 0 fully saturated rings. The van der Waals surface area contributed by atoms with Crippen molar-refractivity contribution in [2.24, 2.45) is 0 Å². The monoisotopic (exact) mass is 469 g/mol. The molecule has 170 valence electrons. The predicted octanol–water partition coefficient (Wildman–Crippen LogP) is -1.58. The fourth-order valence-corrected chi connectivity index (χ4v) is 2.36. The van der Waals surface area contributed by atoms with E-state index in [4.69, 9.17) is 28.4 Å². The Labute approximate surface area is 210 Å². The minimum absolute atomic E-state index is 0. The van der Waals surface area contributed by atoms with Crippen LogP contribution in [-0.4, -0.2) is 54.3 Å².